The summed E-state index contributed by atoms with van der Waals surface area (Å²) in [6, 6.07) is 13.8. The Hall–Kier alpha value is -3.08. The van der Waals surface area contributed by atoms with E-state index in [1.807, 2.05) is 60.9 Å². The lowest BCUT2D eigenvalue weighted by atomic mass is 10.2. The van der Waals surface area contributed by atoms with Crippen molar-refractivity contribution >= 4 is 5.91 Å². The van der Waals surface area contributed by atoms with Crippen molar-refractivity contribution in [3.05, 3.63) is 82.9 Å². The van der Waals surface area contributed by atoms with Gasteiger partial charge in [0.1, 0.15) is 11.4 Å². The summed E-state index contributed by atoms with van der Waals surface area (Å²) < 4.78 is 7.34. The van der Waals surface area contributed by atoms with Crippen molar-refractivity contribution in [2.45, 2.75) is 26.9 Å². The molecule has 0 aliphatic carbocycles. The van der Waals surface area contributed by atoms with E-state index in [2.05, 4.69) is 10.3 Å². The molecule has 0 saturated carbocycles. The minimum atomic E-state index is -0.0812. The van der Waals surface area contributed by atoms with Crippen molar-refractivity contribution in [2.24, 2.45) is 0 Å². The number of nitrogens with zero attached hydrogens (tertiary/aromatic N) is 2. The Balaban J connectivity index is 1.82. The number of aryl methyl sites for hydroxylation is 2. The van der Waals surface area contributed by atoms with Crippen molar-refractivity contribution < 1.29 is 9.53 Å². The highest BCUT2D eigenvalue weighted by Crippen LogP contribution is 2.19. The van der Waals surface area contributed by atoms with E-state index in [-0.39, 0.29) is 5.91 Å². The number of benzene rings is 1. The van der Waals surface area contributed by atoms with Gasteiger partial charge in [0.15, 0.2) is 0 Å². The maximum Gasteiger partial charge on any atom is 0.268 e. The van der Waals surface area contributed by atoms with E-state index in [9.17, 15) is 4.79 Å². The lowest BCUT2D eigenvalue weighted by Crippen LogP contribution is -2.26. The van der Waals surface area contributed by atoms with E-state index >= 15 is 0 Å². The number of hydrogen-bond acceptors (Lipinski definition) is 3. The van der Waals surface area contributed by atoms with Crippen molar-refractivity contribution in [2.75, 3.05) is 7.11 Å². The molecule has 0 aliphatic heterocycles. The Kier molecular flexibility index (Phi) is 5.37. The second-order valence-corrected chi connectivity index (χ2v) is 6.30. The van der Waals surface area contributed by atoms with Gasteiger partial charge in [-0.1, -0.05) is 18.2 Å². The molecule has 3 rings (SSSR count). The molecule has 26 heavy (non-hydrogen) atoms. The van der Waals surface area contributed by atoms with Crippen LogP contribution in [0.5, 0.6) is 5.75 Å². The van der Waals surface area contributed by atoms with Crippen LogP contribution in [0.25, 0.3) is 0 Å². The first-order valence-electron chi connectivity index (χ1n) is 8.55. The largest absolute Gasteiger partial charge is 0.497 e. The van der Waals surface area contributed by atoms with Crippen LogP contribution in [0.15, 0.2) is 54.9 Å². The molecule has 0 bridgehead atoms. The number of amides is 1. The standard InChI is InChI=1S/C21H23N3O2/c1-15-10-16(2)24(14-17-6-4-8-19(11-17)26-3)20(15)21(25)23-13-18-7-5-9-22-12-18/h4-12H,13-14H2,1-3H3,(H,23,25). The summed E-state index contributed by atoms with van der Waals surface area (Å²) in [6.45, 7) is 5.06. The first-order chi connectivity index (χ1) is 12.6. The number of pyridine rings is 1. The molecule has 2 aromatic heterocycles. The Morgan fingerprint density at radius 3 is 2.69 bits per heavy atom. The quantitative estimate of drug-likeness (QED) is 0.741. The van der Waals surface area contributed by atoms with Gasteiger partial charge in [0.2, 0.25) is 0 Å². The number of methoxy groups -OCH3 is 1. The molecule has 5 heteroatoms. The van der Waals surface area contributed by atoms with Gasteiger partial charge in [-0.25, -0.2) is 0 Å². The summed E-state index contributed by atoms with van der Waals surface area (Å²) in [4.78, 5) is 16.9. The summed E-state index contributed by atoms with van der Waals surface area (Å²) in [7, 11) is 1.65. The van der Waals surface area contributed by atoms with Crippen LogP contribution in [0, 0.1) is 13.8 Å². The van der Waals surface area contributed by atoms with Crippen LogP contribution >= 0.6 is 0 Å². The topological polar surface area (TPSA) is 56.1 Å². The predicted octanol–water partition coefficient (Wildman–Crippen LogP) is 3.49. The Bertz CT molecular complexity index is 901. The average Bonchev–Trinajstić information content (AvgIpc) is 2.94. The van der Waals surface area contributed by atoms with E-state index in [1.54, 1.807) is 19.5 Å². The zero-order valence-corrected chi connectivity index (χ0v) is 15.3. The monoisotopic (exact) mass is 349 g/mol. The molecule has 2 heterocycles. The normalized spacial score (nSPS) is 10.6. The number of hydrogen-bond donors (Lipinski definition) is 1. The maximum absolute atomic E-state index is 12.8. The number of nitrogens with one attached hydrogen (secondary N) is 1. The highest BCUT2D eigenvalue weighted by Gasteiger charge is 2.17. The van der Waals surface area contributed by atoms with Gasteiger partial charge in [0.25, 0.3) is 5.91 Å². The Morgan fingerprint density at radius 1 is 1.15 bits per heavy atom. The van der Waals surface area contributed by atoms with Gasteiger partial charge < -0.3 is 14.6 Å². The third-order valence-corrected chi connectivity index (χ3v) is 4.36. The molecule has 3 aromatic rings. The summed E-state index contributed by atoms with van der Waals surface area (Å²) >= 11 is 0. The molecule has 0 atom stereocenters. The molecule has 0 radical (unpaired) electrons. The number of carbonyl (C=O) groups excluding carboxylic acids is 1. The van der Waals surface area contributed by atoms with Crippen LogP contribution in [0.4, 0.5) is 0 Å². The number of ether oxygens (including phenoxy) is 1. The molecule has 134 valence electrons. The van der Waals surface area contributed by atoms with Gasteiger partial charge in [0, 0.05) is 31.2 Å². The van der Waals surface area contributed by atoms with Gasteiger partial charge in [0.05, 0.1) is 7.11 Å². The molecule has 0 spiro atoms. The third-order valence-electron chi connectivity index (χ3n) is 4.36. The summed E-state index contributed by atoms with van der Waals surface area (Å²) in [5.41, 5.74) is 4.77. The van der Waals surface area contributed by atoms with Crippen LogP contribution in [-0.2, 0) is 13.1 Å². The van der Waals surface area contributed by atoms with Gasteiger partial charge in [-0.05, 0) is 54.8 Å². The van der Waals surface area contributed by atoms with Crippen LogP contribution in [0.2, 0.25) is 0 Å². The van der Waals surface area contributed by atoms with Crippen molar-refractivity contribution in [1.29, 1.82) is 0 Å². The average molecular weight is 349 g/mol. The van der Waals surface area contributed by atoms with Gasteiger partial charge in [-0.15, -0.1) is 0 Å². The number of aromatic nitrogens is 2. The fraction of sp³-hybridized carbons (Fsp3) is 0.238. The minimum Gasteiger partial charge on any atom is -0.497 e. The third kappa shape index (κ3) is 3.94. The van der Waals surface area contributed by atoms with Gasteiger partial charge >= 0.3 is 0 Å². The van der Waals surface area contributed by atoms with E-state index < -0.39 is 0 Å². The minimum absolute atomic E-state index is 0.0812. The first kappa shape index (κ1) is 17.7. The first-order valence-corrected chi connectivity index (χ1v) is 8.55. The fourth-order valence-corrected chi connectivity index (χ4v) is 3.08. The van der Waals surface area contributed by atoms with Gasteiger partial charge in [-0.3, -0.25) is 9.78 Å². The van der Waals surface area contributed by atoms with E-state index in [4.69, 9.17) is 4.74 Å². The van der Waals surface area contributed by atoms with Crippen LogP contribution in [-0.4, -0.2) is 22.6 Å². The lowest BCUT2D eigenvalue weighted by Gasteiger charge is -2.13. The van der Waals surface area contributed by atoms with E-state index in [1.165, 1.54) is 0 Å². The maximum atomic E-state index is 12.8. The fourth-order valence-electron chi connectivity index (χ4n) is 3.08. The van der Waals surface area contributed by atoms with Crippen LogP contribution in [0.3, 0.4) is 0 Å². The molecule has 0 unspecified atom stereocenters. The highest BCUT2D eigenvalue weighted by molar-refractivity contribution is 5.94. The second-order valence-electron chi connectivity index (χ2n) is 6.30. The lowest BCUT2D eigenvalue weighted by molar-refractivity contribution is 0.0941. The number of carbonyl (C=O) groups is 1. The molecule has 0 saturated heterocycles. The Labute approximate surface area is 153 Å². The zero-order chi connectivity index (χ0) is 18.5. The van der Waals surface area contributed by atoms with E-state index in [0.717, 1.165) is 28.1 Å². The smallest absolute Gasteiger partial charge is 0.268 e. The molecule has 1 amide bonds. The molecule has 5 nitrogen and oxygen atoms in total. The molecular formula is C21H23N3O2. The molecule has 0 fully saturated rings. The number of rotatable bonds is 6. The summed E-state index contributed by atoms with van der Waals surface area (Å²) in [5.74, 6) is 0.731. The van der Waals surface area contributed by atoms with Gasteiger partial charge in [-0.2, -0.15) is 0 Å². The highest BCUT2D eigenvalue weighted by atomic mass is 16.5. The van der Waals surface area contributed by atoms with E-state index in [0.29, 0.717) is 18.8 Å². The van der Waals surface area contributed by atoms with Crippen LogP contribution in [0.1, 0.15) is 32.9 Å². The molecule has 1 aromatic carbocycles. The predicted molar refractivity (Wildman–Crippen MR) is 101 cm³/mol. The van der Waals surface area contributed by atoms with Crippen molar-refractivity contribution in [3.63, 3.8) is 0 Å². The SMILES string of the molecule is COc1cccc(Cn2c(C)cc(C)c2C(=O)NCc2cccnc2)c1. The van der Waals surface area contributed by atoms with Crippen molar-refractivity contribution in [3.8, 4) is 5.75 Å². The van der Waals surface area contributed by atoms with Crippen LogP contribution < -0.4 is 10.1 Å². The summed E-state index contributed by atoms with van der Waals surface area (Å²) in [6.07, 6.45) is 3.48. The molecular weight excluding hydrogens is 326 g/mol. The van der Waals surface area contributed by atoms with Crippen molar-refractivity contribution in [1.82, 2.24) is 14.9 Å². The molecule has 1 N–H and O–H groups in total. The second kappa shape index (κ2) is 7.87. The summed E-state index contributed by atoms with van der Waals surface area (Å²) in [5, 5.41) is 2.99. The molecule has 0 aliphatic rings. The Morgan fingerprint density at radius 2 is 1.96 bits per heavy atom. The zero-order valence-electron chi connectivity index (χ0n) is 15.3.